The number of likely N-dealkylation sites (N-methyl/N-ethyl adjacent to an activating group) is 1. The third kappa shape index (κ3) is 5.25. The molecule has 2 heterocycles. The fourth-order valence-electron chi connectivity index (χ4n) is 1.88. The van der Waals surface area contributed by atoms with Crippen molar-refractivity contribution in [1.82, 2.24) is 4.98 Å². The molecular formula is C11H18N2O3S. The summed E-state index contributed by atoms with van der Waals surface area (Å²) in [5.74, 6) is 0. The van der Waals surface area contributed by atoms with Gasteiger partial charge in [-0.3, -0.25) is 0 Å². The second-order valence-electron chi connectivity index (χ2n) is 4.59. The van der Waals surface area contributed by atoms with Crippen molar-refractivity contribution in [2.24, 2.45) is 0 Å². The van der Waals surface area contributed by atoms with Crippen molar-refractivity contribution in [3.63, 3.8) is 0 Å². The zero-order valence-corrected chi connectivity index (χ0v) is 11.0. The minimum Gasteiger partial charge on any atom is -0.554 e. The highest BCUT2D eigenvalue weighted by Gasteiger charge is 2.31. The number of hydrogen-bond donors (Lipinski definition) is 0. The van der Waals surface area contributed by atoms with E-state index in [-0.39, 0.29) is 0 Å². The molecule has 1 saturated heterocycles. The lowest BCUT2D eigenvalue weighted by Gasteiger charge is -2.23. The highest BCUT2D eigenvalue weighted by Crippen LogP contribution is 2.18. The number of likely N-dealkylation sites (tertiary alicyclic amines) is 1. The Labute approximate surface area is 105 Å². The highest BCUT2D eigenvalue weighted by atomic mass is 32.1. The molecule has 0 aromatic carbocycles. The van der Waals surface area contributed by atoms with Crippen LogP contribution in [0.3, 0.4) is 0 Å². The molecule has 5 nitrogen and oxygen atoms in total. The van der Waals surface area contributed by atoms with Gasteiger partial charge in [-0.05, 0) is 0 Å². The first-order chi connectivity index (χ1) is 8.07. The summed E-state index contributed by atoms with van der Waals surface area (Å²) in [6, 6.07) is 0. The Morgan fingerprint density at radius 1 is 1.71 bits per heavy atom. The van der Waals surface area contributed by atoms with Crippen molar-refractivity contribution in [2.75, 3.05) is 27.2 Å². The van der Waals surface area contributed by atoms with Gasteiger partial charge in [0.25, 0.3) is 0 Å². The van der Waals surface area contributed by atoms with Crippen LogP contribution in [0, 0.1) is 0 Å². The molecule has 1 aromatic heterocycles. The van der Waals surface area contributed by atoms with Gasteiger partial charge in [-0.2, -0.15) is 0 Å². The van der Waals surface area contributed by atoms with Crippen molar-refractivity contribution in [2.45, 2.75) is 19.1 Å². The fourth-order valence-corrected chi connectivity index (χ4v) is 2.41. The molecule has 1 unspecified atom stereocenters. The number of hydrogen-bond acceptors (Lipinski definition) is 5. The monoisotopic (exact) mass is 258 g/mol. The van der Waals surface area contributed by atoms with Crippen LogP contribution in [0.25, 0.3) is 0 Å². The van der Waals surface area contributed by atoms with Gasteiger partial charge in [-0.15, -0.1) is 11.3 Å². The second kappa shape index (κ2) is 6.68. The first-order valence-corrected chi connectivity index (χ1v) is 6.33. The van der Waals surface area contributed by atoms with Crippen LogP contribution in [0.15, 0.2) is 11.6 Å². The van der Waals surface area contributed by atoms with E-state index in [0.717, 1.165) is 16.0 Å². The van der Waals surface area contributed by atoms with E-state index < -0.39 is 6.47 Å². The summed E-state index contributed by atoms with van der Waals surface area (Å²) in [5.41, 5.74) is 0. The van der Waals surface area contributed by atoms with Crippen LogP contribution in [0.4, 0.5) is 0 Å². The van der Waals surface area contributed by atoms with E-state index in [2.05, 4.69) is 19.1 Å². The highest BCUT2D eigenvalue weighted by molar-refractivity contribution is 7.09. The molecule has 1 aliphatic heterocycles. The predicted molar refractivity (Wildman–Crippen MR) is 63.2 cm³/mol. The first-order valence-electron chi connectivity index (χ1n) is 5.45. The van der Waals surface area contributed by atoms with E-state index in [1.807, 2.05) is 11.6 Å². The summed E-state index contributed by atoms with van der Waals surface area (Å²) in [6.07, 6.45) is 3.44. The average molecular weight is 258 g/mol. The van der Waals surface area contributed by atoms with Gasteiger partial charge in [0.2, 0.25) is 0 Å². The Morgan fingerprint density at radius 3 is 2.88 bits per heavy atom. The lowest BCUT2D eigenvalue weighted by atomic mass is 10.3. The summed E-state index contributed by atoms with van der Waals surface area (Å²) in [6.45, 7) is 2.54. The molecular weight excluding hydrogens is 240 g/mol. The molecule has 1 fully saturated rings. The summed E-state index contributed by atoms with van der Waals surface area (Å²) in [4.78, 5) is 12.5. The van der Waals surface area contributed by atoms with Gasteiger partial charge < -0.3 is 19.1 Å². The van der Waals surface area contributed by atoms with Gasteiger partial charge in [0, 0.05) is 24.5 Å². The zero-order valence-electron chi connectivity index (χ0n) is 10.2. The maximum Gasteiger partial charge on any atom is 0.118 e. The molecule has 0 N–H and O–H groups in total. The molecule has 0 amide bonds. The molecule has 0 spiro atoms. The third-order valence-corrected chi connectivity index (χ3v) is 3.43. The molecule has 1 atom stereocenters. The van der Waals surface area contributed by atoms with Gasteiger partial charge in [0.1, 0.15) is 17.7 Å². The molecule has 0 saturated carbocycles. The first kappa shape index (κ1) is 14.1. The summed E-state index contributed by atoms with van der Waals surface area (Å²) < 4.78 is 6.90. The van der Waals surface area contributed by atoms with Crippen molar-refractivity contribution in [3.05, 3.63) is 16.6 Å². The Kier molecular flexibility index (Phi) is 5.54. The molecule has 1 aromatic rings. The lowest BCUT2D eigenvalue weighted by Crippen LogP contribution is -2.37. The Hall–Kier alpha value is -0.980. The maximum atomic E-state index is 8.25. The van der Waals surface area contributed by atoms with Crippen LogP contribution in [0.1, 0.15) is 11.4 Å². The molecule has 96 valence electrons. The van der Waals surface area contributed by atoms with E-state index in [0.29, 0.717) is 12.7 Å². The summed E-state index contributed by atoms with van der Waals surface area (Å²) in [5, 5.41) is 11.3. The van der Waals surface area contributed by atoms with E-state index in [1.54, 1.807) is 11.3 Å². The molecule has 2 rings (SSSR count). The minimum absolute atomic E-state index is 0.425. The fraction of sp³-hybridized carbons (Fsp3) is 0.636. The van der Waals surface area contributed by atoms with Crippen molar-refractivity contribution >= 4 is 17.8 Å². The van der Waals surface area contributed by atoms with E-state index >= 15 is 0 Å². The Balaban J connectivity index is 0.000000437. The number of carbonyl (C=O) groups is 1. The van der Waals surface area contributed by atoms with Crippen LogP contribution in [-0.4, -0.2) is 49.2 Å². The van der Waals surface area contributed by atoms with Crippen LogP contribution in [0.5, 0.6) is 0 Å². The average Bonchev–Trinajstić information content (AvgIpc) is 2.85. The second-order valence-corrected chi connectivity index (χ2v) is 5.56. The Bertz CT molecular complexity index is 327. The smallest absolute Gasteiger partial charge is 0.118 e. The molecule has 0 aliphatic carbocycles. The van der Waals surface area contributed by atoms with Gasteiger partial charge in [0.15, 0.2) is 0 Å². The molecule has 6 heteroatoms. The largest absolute Gasteiger partial charge is 0.554 e. The number of rotatable bonds is 3. The summed E-state index contributed by atoms with van der Waals surface area (Å²) >= 11 is 1.66. The number of aromatic nitrogens is 1. The maximum absolute atomic E-state index is 8.25. The van der Waals surface area contributed by atoms with Crippen molar-refractivity contribution in [1.29, 1.82) is 0 Å². The van der Waals surface area contributed by atoms with Gasteiger partial charge >= 0.3 is 0 Å². The SMILES string of the molecule is C[N+]1(C)CCC(OCc2nccs2)C1.O=C[O-]. The van der Waals surface area contributed by atoms with E-state index in [1.165, 1.54) is 13.0 Å². The van der Waals surface area contributed by atoms with Crippen molar-refractivity contribution in [3.8, 4) is 0 Å². The summed E-state index contributed by atoms with van der Waals surface area (Å²) in [7, 11) is 4.51. The number of quaternary nitrogens is 1. The van der Waals surface area contributed by atoms with Crippen LogP contribution < -0.4 is 5.11 Å². The predicted octanol–water partition coefficient (Wildman–Crippen LogP) is -0.125. The number of ether oxygens (including phenoxy) is 1. The normalized spacial score (nSPS) is 21.6. The van der Waals surface area contributed by atoms with Gasteiger partial charge in [-0.1, -0.05) is 0 Å². The number of carbonyl (C=O) groups excluding carboxylic acids is 1. The molecule has 0 bridgehead atoms. The minimum atomic E-state index is -0.500. The number of carboxylic acid groups (broad SMARTS) is 1. The standard InChI is InChI=1S/C10H17N2OS.CH2O2/c1-12(2)5-3-9(7-12)13-8-10-11-4-6-14-10;2-1-3/h4,6,9H,3,5,7-8H2,1-2H3;1H,(H,2,3)/q+1;/p-1. The molecule has 1 aliphatic rings. The molecule has 0 radical (unpaired) electrons. The van der Waals surface area contributed by atoms with Gasteiger partial charge in [-0.25, -0.2) is 4.98 Å². The van der Waals surface area contributed by atoms with E-state index in [9.17, 15) is 0 Å². The van der Waals surface area contributed by atoms with E-state index in [4.69, 9.17) is 14.6 Å². The van der Waals surface area contributed by atoms with Crippen LogP contribution in [-0.2, 0) is 16.1 Å². The number of nitrogens with zero attached hydrogens (tertiary/aromatic N) is 2. The van der Waals surface area contributed by atoms with Crippen LogP contribution in [0.2, 0.25) is 0 Å². The van der Waals surface area contributed by atoms with Crippen molar-refractivity contribution < 1.29 is 19.1 Å². The lowest BCUT2D eigenvalue weighted by molar-refractivity contribution is -0.879. The topological polar surface area (TPSA) is 62.2 Å². The quantitative estimate of drug-likeness (QED) is 0.560. The third-order valence-electron chi connectivity index (χ3n) is 2.68. The molecule has 17 heavy (non-hydrogen) atoms. The zero-order chi connectivity index (χ0) is 12.7. The number of thiazole rings is 1. The van der Waals surface area contributed by atoms with Crippen LogP contribution >= 0.6 is 11.3 Å². The van der Waals surface area contributed by atoms with Gasteiger partial charge in [0.05, 0.1) is 27.2 Å². The Morgan fingerprint density at radius 2 is 2.41 bits per heavy atom.